The zero-order valence-electron chi connectivity index (χ0n) is 9.42. The van der Waals surface area contributed by atoms with Gasteiger partial charge >= 0.3 is 0 Å². The van der Waals surface area contributed by atoms with Crippen molar-refractivity contribution in [3.8, 4) is 6.07 Å². The lowest BCUT2D eigenvalue weighted by Crippen LogP contribution is -2.15. The number of nitrogens with one attached hydrogen (secondary N) is 1. The number of aromatic nitrogens is 1. The molecule has 0 radical (unpaired) electrons. The third kappa shape index (κ3) is 2.44. The van der Waals surface area contributed by atoms with Crippen LogP contribution in [0.1, 0.15) is 16.1 Å². The molecule has 0 atom stereocenters. The molecule has 0 saturated carbocycles. The van der Waals surface area contributed by atoms with Gasteiger partial charge in [-0.2, -0.15) is 5.26 Å². The molecule has 1 aromatic carbocycles. The number of nitrogens with two attached hydrogens (primary N) is 1. The average Bonchev–Trinajstić information content (AvgIpc) is 2.40. The van der Waals surface area contributed by atoms with E-state index in [2.05, 4.69) is 10.3 Å². The Morgan fingerprint density at radius 2 is 2.00 bits per heavy atom. The summed E-state index contributed by atoms with van der Waals surface area (Å²) in [5.74, 6) is -0.377. The lowest BCUT2D eigenvalue weighted by molar-refractivity contribution is 0.102. The van der Waals surface area contributed by atoms with Crippen molar-refractivity contribution in [1.82, 2.24) is 4.98 Å². The SMILES string of the molecule is N#Cc1ccc(NC(=O)c2ncccc2N)cc1. The summed E-state index contributed by atoms with van der Waals surface area (Å²) in [6.45, 7) is 0. The molecule has 0 aliphatic heterocycles. The molecule has 18 heavy (non-hydrogen) atoms. The molecule has 1 amide bonds. The first-order valence-electron chi connectivity index (χ1n) is 5.22. The highest BCUT2D eigenvalue weighted by Gasteiger charge is 2.10. The number of nitrogens with zero attached hydrogens (tertiary/aromatic N) is 2. The van der Waals surface area contributed by atoms with Crippen molar-refractivity contribution in [2.75, 3.05) is 11.1 Å². The van der Waals surface area contributed by atoms with Crippen molar-refractivity contribution in [2.24, 2.45) is 0 Å². The van der Waals surface area contributed by atoms with Gasteiger partial charge in [0.05, 0.1) is 17.3 Å². The van der Waals surface area contributed by atoms with Crippen molar-refractivity contribution in [3.63, 3.8) is 0 Å². The van der Waals surface area contributed by atoms with Crippen LogP contribution in [-0.4, -0.2) is 10.9 Å². The zero-order chi connectivity index (χ0) is 13.0. The summed E-state index contributed by atoms with van der Waals surface area (Å²) < 4.78 is 0. The number of pyridine rings is 1. The number of amides is 1. The Morgan fingerprint density at radius 3 is 2.61 bits per heavy atom. The maximum absolute atomic E-state index is 11.9. The predicted octanol–water partition coefficient (Wildman–Crippen LogP) is 1.79. The van der Waals surface area contributed by atoms with E-state index in [0.29, 0.717) is 16.9 Å². The van der Waals surface area contributed by atoms with Crippen LogP contribution >= 0.6 is 0 Å². The van der Waals surface area contributed by atoms with Crippen LogP contribution < -0.4 is 11.1 Å². The van der Waals surface area contributed by atoms with E-state index in [0.717, 1.165) is 0 Å². The van der Waals surface area contributed by atoms with Gasteiger partial charge in [-0.3, -0.25) is 4.79 Å². The largest absolute Gasteiger partial charge is 0.397 e. The van der Waals surface area contributed by atoms with Gasteiger partial charge in [-0.15, -0.1) is 0 Å². The molecule has 0 aliphatic carbocycles. The van der Waals surface area contributed by atoms with E-state index in [-0.39, 0.29) is 11.6 Å². The van der Waals surface area contributed by atoms with Crippen LogP contribution in [0.5, 0.6) is 0 Å². The lowest BCUT2D eigenvalue weighted by Gasteiger charge is -2.06. The Balaban J connectivity index is 2.17. The number of hydrogen-bond donors (Lipinski definition) is 2. The molecular formula is C13H10N4O. The second kappa shape index (κ2) is 4.97. The number of benzene rings is 1. The van der Waals surface area contributed by atoms with Gasteiger partial charge in [-0.1, -0.05) is 0 Å². The van der Waals surface area contributed by atoms with Gasteiger partial charge in [0.15, 0.2) is 5.69 Å². The Labute approximate surface area is 104 Å². The van der Waals surface area contributed by atoms with Crippen LogP contribution in [0, 0.1) is 11.3 Å². The monoisotopic (exact) mass is 238 g/mol. The van der Waals surface area contributed by atoms with Gasteiger partial charge in [0, 0.05) is 11.9 Å². The number of rotatable bonds is 2. The summed E-state index contributed by atoms with van der Waals surface area (Å²) in [4.78, 5) is 15.8. The fourth-order valence-corrected chi connectivity index (χ4v) is 1.43. The normalized spacial score (nSPS) is 9.50. The summed E-state index contributed by atoms with van der Waals surface area (Å²) in [6, 6.07) is 11.8. The molecular weight excluding hydrogens is 228 g/mol. The number of carbonyl (C=O) groups excluding carboxylic acids is 1. The summed E-state index contributed by atoms with van der Waals surface area (Å²) in [5.41, 5.74) is 7.28. The molecule has 0 unspecified atom stereocenters. The molecule has 88 valence electrons. The van der Waals surface area contributed by atoms with E-state index >= 15 is 0 Å². The van der Waals surface area contributed by atoms with E-state index in [1.54, 1.807) is 36.4 Å². The zero-order valence-corrected chi connectivity index (χ0v) is 9.42. The number of carbonyl (C=O) groups is 1. The summed E-state index contributed by atoms with van der Waals surface area (Å²) in [6.07, 6.45) is 1.50. The van der Waals surface area contributed by atoms with Crippen LogP contribution in [-0.2, 0) is 0 Å². The van der Waals surface area contributed by atoms with Crippen molar-refractivity contribution in [2.45, 2.75) is 0 Å². The maximum Gasteiger partial charge on any atom is 0.276 e. The lowest BCUT2D eigenvalue weighted by atomic mass is 10.2. The van der Waals surface area contributed by atoms with E-state index < -0.39 is 0 Å². The molecule has 1 aromatic heterocycles. The fourth-order valence-electron chi connectivity index (χ4n) is 1.43. The first-order chi connectivity index (χ1) is 8.70. The third-order valence-electron chi connectivity index (χ3n) is 2.33. The minimum Gasteiger partial charge on any atom is -0.397 e. The van der Waals surface area contributed by atoms with E-state index in [9.17, 15) is 4.79 Å². The molecule has 0 spiro atoms. The Hall–Kier alpha value is -2.87. The third-order valence-corrected chi connectivity index (χ3v) is 2.33. The number of anilines is 2. The maximum atomic E-state index is 11.9. The summed E-state index contributed by atoms with van der Waals surface area (Å²) >= 11 is 0. The fraction of sp³-hybridized carbons (Fsp3) is 0. The quantitative estimate of drug-likeness (QED) is 0.834. The highest BCUT2D eigenvalue weighted by molar-refractivity contribution is 6.06. The highest BCUT2D eigenvalue weighted by atomic mass is 16.1. The minimum atomic E-state index is -0.377. The van der Waals surface area contributed by atoms with Crippen molar-refractivity contribution in [3.05, 3.63) is 53.9 Å². The Morgan fingerprint density at radius 1 is 1.28 bits per heavy atom. The molecule has 3 N–H and O–H groups in total. The van der Waals surface area contributed by atoms with Crippen LogP contribution in [0.15, 0.2) is 42.6 Å². The molecule has 0 aliphatic rings. The molecule has 2 rings (SSSR count). The molecule has 1 heterocycles. The van der Waals surface area contributed by atoms with Crippen LogP contribution in [0.2, 0.25) is 0 Å². The average molecular weight is 238 g/mol. The number of hydrogen-bond acceptors (Lipinski definition) is 4. The van der Waals surface area contributed by atoms with Gasteiger partial charge in [0.25, 0.3) is 5.91 Å². The van der Waals surface area contributed by atoms with Gasteiger partial charge in [-0.05, 0) is 36.4 Å². The highest BCUT2D eigenvalue weighted by Crippen LogP contribution is 2.12. The van der Waals surface area contributed by atoms with Crippen LogP contribution in [0.3, 0.4) is 0 Å². The molecule has 5 heteroatoms. The van der Waals surface area contributed by atoms with Crippen molar-refractivity contribution in [1.29, 1.82) is 5.26 Å². The number of nitriles is 1. The first kappa shape index (κ1) is 11.6. The predicted molar refractivity (Wildman–Crippen MR) is 67.8 cm³/mol. The van der Waals surface area contributed by atoms with Gasteiger partial charge < -0.3 is 11.1 Å². The van der Waals surface area contributed by atoms with Crippen LogP contribution in [0.4, 0.5) is 11.4 Å². The van der Waals surface area contributed by atoms with Crippen molar-refractivity contribution < 1.29 is 4.79 Å². The Bertz CT molecular complexity index is 614. The smallest absolute Gasteiger partial charge is 0.276 e. The van der Waals surface area contributed by atoms with E-state index in [1.807, 2.05) is 6.07 Å². The second-order valence-electron chi connectivity index (χ2n) is 3.58. The summed E-state index contributed by atoms with van der Waals surface area (Å²) in [5, 5.41) is 11.3. The van der Waals surface area contributed by atoms with Gasteiger partial charge in [0.2, 0.25) is 0 Å². The second-order valence-corrected chi connectivity index (χ2v) is 3.58. The first-order valence-corrected chi connectivity index (χ1v) is 5.22. The van der Waals surface area contributed by atoms with E-state index in [4.69, 9.17) is 11.0 Å². The Kier molecular flexibility index (Phi) is 3.21. The van der Waals surface area contributed by atoms with Crippen molar-refractivity contribution >= 4 is 17.3 Å². The standard InChI is InChI=1S/C13H10N4O/c14-8-9-3-5-10(6-4-9)17-13(18)12-11(15)2-1-7-16-12/h1-7H,15H2,(H,17,18). The summed E-state index contributed by atoms with van der Waals surface area (Å²) in [7, 11) is 0. The van der Waals surface area contributed by atoms with Crippen LogP contribution in [0.25, 0.3) is 0 Å². The minimum absolute atomic E-state index is 0.182. The molecule has 5 nitrogen and oxygen atoms in total. The molecule has 0 saturated heterocycles. The number of nitrogen functional groups attached to an aromatic ring is 1. The molecule has 2 aromatic rings. The van der Waals surface area contributed by atoms with Gasteiger partial charge in [-0.25, -0.2) is 4.98 Å². The van der Waals surface area contributed by atoms with Gasteiger partial charge in [0.1, 0.15) is 0 Å². The molecule has 0 fully saturated rings. The molecule has 0 bridgehead atoms. The van der Waals surface area contributed by atoms with E-state index in [1.165, 1.54) is 6.20 Å². The topological polar surface area (TPSA) is 91.8 Å².